The second-order valence-corrected chi connectivity index (χ2v) is 8.00. The van der Waals surface area contributed by atoms with Gasteiger partial charge in [0.05, 0.1) is 11.5 Å². The van der Waals surface area contributed by atoms with Crippen LogP contribution in [-0.4, -0.2) is 62.3 Å². The van der Waals surface area contributed by atoms with E-state index in [9.17, 15) is 13.5 Å². The van der Waals surface area contributed by atoms with Crippen LogP contribution in [0.3, 0.4) is 0 Å². The molecular formula is C15H23NO4S. The van der Waals surface area contributed by atoms with Crippen molar-refractivity contribution < 1.29 is 18.3 Å². The number of aryl methyl sites for hydroxylation is 1. The van der Waals surface area contributed by atoms with Crippen molar-refractivity contribution >= 4 is 9.84 Å². The minimum Gasteiger partial charge on any atom is -0.491 e. The number of hydrogen-bond donors (Lipinski definition) is 1. The fourth-order valence-electron chi connectivity index (χ4n) is 2.48. The van der Waals surface area contributed by atoms with Crippen molar-refractivity contribution in [1.29, 1.82) is 0 Å². The first-order valence-electron chi connectivity index (χ1n) is 7.14. The van der Waals surface area contributed by atoms with E-state index in [4.69, 9.17) is 4.74 Å². The minimum atomic E-state index is -2.89. The van der Waals surface area contributed by atoms with Crippen LogP contribution in [0.1, 0.15) is 12.0 Å². The van der Waals surface area contributed by atoms with Crippen molar-refractivity contribution in [3.8, 4) is 5.75 Å². The molecule has 0 aromatic heterocycles. The number of ether oxygens (including phenoxy) is 1. The highest BCUT2D eigenvalue weighted by Crippen LogP contribution is 2.17. The third-order valence-corrected chi connectivity index (χ3v) is 5.54. The molecule has 1 aliphatic rings. The van der Waals surface area contributed by atoms with Gasteiger partial charge >= 0.3 is 0 Å². The molecule has 0 aliphatic carbocycles. The third kappa shape index (κ3) is 4.98. The molecule has 2 rings (SSSR count). The summed E-state index contributed by atoms with van der Waals surface area (Å²) in [4.78, 5) is 1.91. The maximum absolute atomic E-state index is 11.5. The summed E-state index contributed by atoms with van der Waals surface area (Å²) >= 11 is 0. The Morgan fingerprint density at radius 3 is 2.62 bits per heavy atom. The van der Waals surface area contributed by atoms with Crippen molar-refractivity contribution in [2.45, 2.75) is 25.5 Å². The molecule has 1 aromatic rings. The number of hydrogen-bond acceptors (Lipinski definition) is 5. The number of aliphatic hydroxyl groups excluding tert-OH is 1. The van der Waals surface area contributed by atoms with Gasteiger partial charge in [-0.05, 0) is 32.5 Å². The number of rotatable bonds is 6. The van der Waals surface area contributed by atoms with Gasteiger partial charge in [-0.3, -0.25) is 4.90 Å². The molecule has 1 aliphatic heterocycles. The molecule has 1 N–H and O–H groups in total. The molecule has 118 valence electrons. The first kappa shape index (κ1) is 16.3. The van der Waals surface area contributed by atoms with Gasteiger partial charge in [0.1, 0.15) is 18.5 Å². The fraction of sp³-hybridized carbons (Fsp3) is 0.600. The van der Waals surface area contributed by atoms with E-state index in [0.29, 0.717) is 13.0 Å². The fourth-order valence-corrected chi connectivity index (χ4v) is 4.29. The largest absolute Gasteiger partial charge is 0.491 e. The lowest BCUT2D eigenvalue weighted by atomic mass is 10.2. The smallest absolute Gasteiger partial charge is 0.151 e. The van der Waals surface area contributed by atoms with Crippen molar-refractivity contribution in [3.05, 3.63) is 29.8 Å². The average Bonchev–Trinajstić information content (AvgIpc) is 2.78. The highest BCUT2D eigenvalue weighted by atomic mass is 32.2. The Morgan fingerprint density at radius 2 is 2.05 bits per heavy atom. The predicted octanol–water partition coefficient (Wildman–Crippen LogP) is 0.854. The van der Waals surface area contributed by atoms with Crippen molar-refractivity contribution in [2.24, 2.45) is 0 Å². The van der Waals surface area contributed by atoms with Crippen molar-refractivity contribution in [2.75, 3.05) is 31.7 Å². The number of nitrogens with zero attached hydrogens (tertiary/aromatic N) is 1. The Balaban J connectivity index is 1.76. The first-order valence-corrected chi connectivity index (χ1v) is 8.96. The molecule has 1 fully saturated rings. The van der Waals surface area contributed by atoms with Crippen LogP contribution < -0.4 is 4.74 Å². The van der Waals surface area contributed by atoms with Gasteiger partial charge in [0.2, 0.25) is 0 Å². The Hall–Kier alpha value is -1.11. The van der Waals surface area contributed by atoms with E-state index < -0.39 is 15.9 Å². The molecule has 1 saturated heterocycles. The summed E-state index contributed by atoms with van der Waals surface area (Å²) in [6, 6.07) is 7.66. The van der Waals surface area contributed by atoms with E-state index in [1.165, 1.54) is 0 Å². The molecule has 1 aromatic carbocycles. The van der Waals surface area contributed by atoms with Gasteiger partial charge in [0.15, 0.2) is 9.84 Å². The lowest BCUT2D eigenvalue weighted by Crippen LogP contribution is -2.40. The Kier molecular flexibility index (Phi) is 5.24. The van der Waals surface area contributed by atoms with Crippen LogP contribution in [0.25, 0.3) is 0 Å². The Morgan fingerprint density at radius 1 is 1.38 bits per heavy atom. The first-order chi connectivity index (χ1) is 9.85. The summed E-state index contributed by atoms with van der Waals surface area (Å²) in [5.41, 5.74) is 1.16. The average molecular weight is 313 g/mol. The number of benzene rings is 1. The van der Waals surface area contributed by atoms with Gasteiger partial charge < -0.3 is 9.84 Å². The van der Waals surface area contributed by atoms with Crippen LogP contribution >= 0.6 is 0 Å². The third-order valence-electron chi connectivity index (χ3n) is 3.79. The van der Waals surface area contributed by atoms with E-state index in [-0.39, 0.29) is 24.2 Å². The van der Waals surface area contributed by atoms with E-state index in [0.717, 1.165) is 11.3 Å². The summed E-state index contributed by atoms with van der Waals surface area (Å²) in [7, 11) is -1.04. The summed E-state index contributed by atoms with van der Waals surface area (Å²) in [5.74, 6) is 1.17. The molecule has 0 unspecified atom stereocenters. The number of sulfone groups is 1. The van der Waals surface area contributed by atoms with Gasteiger partial charge in [-0.25, -0.2) is 8.42 Å². The molecule has 1 heterocycles. The van der Waals surface area contributed by atoms with Crippen LogP contribution in [-0.2, 0) is 9.84 Å². The van der Waals surface area contributed by atoms with Crippen LogP contribution in [0, 0.1) is 6.92 Å². The monoisotopic (exact) mass is 313 g/mol. The van der Waals surface area contributed by atoms with Gasteiger partial charge in [-0.2, -0.15) is 0 Å². The van der Waals surface area contributed by atoms with E-state index >= 15 is 0 Å². The van der Waals surface area contributed by atoms with Crippen LogP contribution in [0.5, 0.6) is 5.75 Å². The van der Waals surface area contributed by atoms with Crippen LogP contribution in [0.2, 0.25) is 0 Å². The Bertz CT molecular complexity index is 556. The summed E-state index contributed by atoms with van der Waals surface area (Å²) < 4.78 is 28.4. The molecule has 0 radical (unpaired) electrons. The predicted molar refractivity (Wildman–Crippen MR) is 82.4 cm³/mol. The quantitative estimate of drug-likeness (QED) is 0.843. The summed E-state index contributed by atoms with van der Waals surface area (Å²) in [5, 5.41) is 10.0. The lowest BCUT2D eigenvalue weighted by molar-refractivity contribution is 0.0664. The van der Waals surface area contributed by atoms with Crippen molar-refractivity contribution in [3.63, 3.8) is 0 Å². The zero-order valence-electron chi connectivity index (χ0n) is 12.5. The van der Waals surface area contributed by atoms with Gasteiger partial charge in [0.25, 0.3) is 0 Å². The maximum Gasteiger partial charge on any atom is 0.151 e. The molecule has 0 bridgehead atoms. The topological polar surface area (TPSA) is 66.8 Å². The second-order valence-electron chi connectivity index (χ2n) is 5.77. The maximum atomic E-state index is 11.5. The normalized spacial score (nSPS) is 22.4. The molecule has 0 spiro atoms. The standard InChI is InChI=1S/C15H23NO4S/c1-12-3-5-15(6-4-12)20-10-14(17)9-16(2)13-7-8-21(18,19)11-13/h3-6,13-14,17H,7-11H2,1-2H3/t13-,14+/m1/s1. The second kappa shape index (κ2) is 6.77. The van der Waals surface area contributed by atoms with E-state index in [1.54, 1.807) is 0 Å². The molecule has 0 saturated carbocycles. The summed E-state index contributed by atoms with van der Waals surface area (Å²) in [6.07, 6.45) is 0.00397. The highest BCUT2D eigenvalue weighted by Gasteiger charge is 2.31. The van der Waals surface area contributed by atoms with Gasteiger partial charge in [-0.15, -0.1) is 0 Å². The van der Waals surface area contributed by atoms with Crippen LogP contribution in [0.15, 0.2) is 24.3 Å². The van der Waals surface area contributed by atoms with Gasteiger partial charge in [0, 0.05) is 12.6 Å². The van der Waals surface area contributed by atoms with E-state index in [2.05, 4.69) is 0 Å². The lowest BCUT2D eigenvalue weighted by Gasteiger charge is -2.25. The Labute approximate surface area is 126 Å². The number of aliphatic hydroxyl groups is 1. The molecule has 5 nitrogen and oxygen atoms in total. The highest BCUT2D eigenvalue weighted by molar-refractivity contribution is 7.91. The molecule has 21 heavy (non-hydrogen) atoms. The molecule has 2 atom stereocenters. The molecule has 6 heteroatoms. The van der Waals surface area contributed by atoms with Crippen molar-refractivity contribution in [1.82, 2.24) is 4.90 Å². The van der Waals surface area contributed by atoms with Crippen LogP contribution in [0.4, 0.5) is 0 Å². The number of likely N-dealkylation sites (N-methyl/N-ethyl adjacent to an activating group) is 1. The molecule has 0 amide bonds. The van der Waals surface area contributed by atoms with Gasteiger partial charge in [-0.1, -0.05) is 17.7 Å². The van der Waals surface area contributed by atoms with E-state index in [1.807, 2.05) is 43.1 Å². The molecular weight excluding hydrogens is 290 g/mol. The zero-order valence-corrected chi connectivity index (χ0v) is 13.3. The minimum absolute atomic E-state index is 0.00373. The SMILES string of the molecule is Cc1ccc(OC[C@@H](O)CN(C)[C@@H]2CCS(=O)(=O)C2)cc1. The summed E-state index contributed by atoms with van der Waals surface area (Å²) in [6.45, 7) is 2.61. The zero-order chi connectivity index (χ0) is 15.5.